The van der Waals surface area contributed by atoms with E-state index in [0.717, 1.165) is 6.54 Å². The van der Waals surface area contributed by atoms with E-state index in [0.29, 0.717) is 19.2 Å². The van der Waals surface area contributed by atoms with Crippen molar-refractivity contribution in [3.8, 4) is 0 Å². The molecule has 0 saturated heterocycles. The van der Waals surface area contributed by atoms with Gasteiger partial charge in [0.15, 0.2) is 0 Å². The summed E-state index contributed by atoms with van der Waals surface area (Å²) in [5, 5.41) is 3.01. The van der Waals surface area contributed by atoms with E-state index < -0.39 is 5.54 Å². The molecule has 16 heavy (non-hydrogen) atoms. The lowest BCUT2D eigenvalue weighted by atomic mass is 10.0. The van der Waals surface area contributed by atoms with Crippen LogP contribution in [0.2, 0.25) is 0 Å². The third kappa shape index (κ3) is 3.43. The summed E-state index contributed by atoms with van der Waals surface area (Å²) < 4.78 is 5.08. The van der Waals surface area contributed by atoms with Crippen molar-refractivity contribution in [2.75, 3.05) is 33.9 Å². The Hall–Kier alpha value is -0.650. The fraction of sp³-hybridized carbons (Fsp3) is 0.909. The maximum absolute atomic E-state index is 11.4. The average molecular weight is 229 g/mol. The first kappa shape index (κ1) is 13.4. The summed E-state index contributed by atoms with van der Waals surface area (Å²) >= 11 is 0. The van der Waals surface area contributed by atoms with Crippen LogP contribution in [0.15, 0.2) is 0 Å². The largest absolute Gasteiger partial charge is 0.383 e. The zero-order chi connectivity index (χ0) is 12.2. The number of carbonyl (C=O) groups is 1. The Morgan fingerprint density at radius 2 is 2.25 bits per heavy atom. The number of amides is 1. The van der Waals surface area contributed by atoms with Crippen LogP contribution in [0.4, 0.5) is 0 Å². The number of methoxy groups -OCH3 is 1. The van der Waals surface area contributed by atoms with Gasteiger partial charge in [0.1, 0.15) is 5.54 Å². The molecule has 5 nitrogen and oxygen atoms in total. The van der Waals surface area contributed by atoms with Crippen LogP contribution in [0, 0.1) is 0 Å². The lowest BCUT2D eigenvalue weighted by molar-refractivity contribution is -0.124. The molecule has 1 atom stereocenters. The van der Waals surface area contributed by atoms with Crippen molar-refractivity contribution >= 4 is 5.91 Å². The summed E-state index contributed by atoms with van der Waals surface area (Å²) in [6.45, 7) is 4.03. The summed E-state index contributed by atoms with van der Waals surface area (Å²) in [5.74, 6) is -0.307. The third-order valence-electron chi connectivity index (χ3n) is 3.26. The van der Waals surface area contributed by atoms with Gasteiger partial charge >= 0.3 is 0 Å². The minimum Gasteiger partial charge on any atom is -0.383 e. The highest BCUT2D eigenvalue weighted by Gasteiger charge is 2.37. The molecule has 1 amide bonds. The molecule has 1 aliphatic rings. The van der Waals surface area contributed by atoms with Gasteiger partial charge in [-0.2, -0.15) is 0 Å². The molecule has 3 N–H and O–H groups in total. The van der Waals surface area contributed by atoms with Gasteiger partial charge in [0.25, 0.3) is 0 Å². The highest BCUT2D eigenvalue weighted by Crippen LogP contribution is 2.27. The molecule has 1 saturated carbocycles. The number of nitrogens with one attached hydrogen (secondary N) is 1. The van der Waals surface area contributed by atoms with E-state index in [2.05, 4.69) is 10.2 Å². The number of nitrogens with zero attached hydrogens (tertiary/aromatic N) is 1. The molecule has 0 spiro atoms. The van der Waals surface area contributed by atoms with Gasteiger partial charge in [-0.15, -0.1) is 0 Å². The van der Waals surface area contributed by atoms with Crippen LogP contribution in [0.5, 0.6) is 0 Å². The van der Waals surface area contributed by atoms with Gasteiger partial charge in [-0.1, -0.05) is 0 Å². The fourth-order valence-corrected chi connectivity index (χ4v) is 1.73. The van der Waals surface area contributed by atoms with Crippen LogP contribution in [0.25, 0.3) is 0 Å². The minimum absolute atomic E-state index is 0.307. The first-order valence-electron chi connectivity index (χ1n) is 5.75. The van der Waals surface area contributed by atoms with Crippen LogP contribution in [0.3, 0.4) is 0 Å². The maximum Gasteiger partial charge on any atom is 0.238 e. The summed E-state index contributed by atoms with van der Waals surface area (Å²) in [6, 6.07) is 0.599. The predicted molar refractivity (Wildman–Crippen MR) is 63.1 cm³/mol. The van der Waals surface area contributed by atoms with E-state index in [-0.39, 0.29) is 5.91 Å². The number of hydrogen-bond acceptors (Lipinski definition) is 4. The van der Waals surface area contributed by atoms with Gasteiger partial charge in [-0.25, -0.2) is 0 Å². The summed E-state index contributed by atoms with van der Waals surface area (Å²) in [4.78, 5) is 13.7. The molecule has 0 bridgehead atoms. The van der Waals surface area contributed by atoms with Crippen molar-refractivity contribution in [2.24, 2.45) is 5.73 Å². The van der Waals surface area contributed by atoms with Crippen molar-refractivity contribution in [3.05, 3.63) is 0 Å². The summed E-state index contributed by atoms with van der Waals surface area (Å²) in [6.07, 6.45) is 2.42. The van der Waals surface area contributed by atoms with Crippen LogP contribution >= 0.6 is 0 Å². The standard InChI is InChI=1S/C11H23N3O2/c1-11(13-2,10(12)15)8-14(6-7-16-3)9-4-5-9/h9,13H,4-8H2,1-3H3,(H2,12,15). The lowest BCUT2D eigenvalue weighted by Crippen LogP contribution is -2.59. The first-order chi connectivity index (χ1) is 7.53. The van der Waals surface area contributed by atoms with Crippen molar-refractivity contribution in [1.29, 1.82) is 0 Å². The molecule has 5 heteroatoms. The van der Waals surface area contributed by atoms with Crippen molar-refractivity contribution in [1.82, 2.24) is 10.2 Å². The molecule has 0 aromatic carbocycles. The van der Waals surface area contributed by atoms with Crippen molar-refractivity contribution in [2.45, 2.75) is 31.3 Å². The van der Waals surface area contributed by atoms with Crippen LogP contribution in [-0.4, -0.2) is 56.2 Å². The summed E-state index contributed by atoms with van der Waals surface area (Å²) in [7, 11) is 3.46. The Morgan fingerprint density at radius 3 is 2.62 bits per heavy atom. The lowest BCUT2D eigenvalue weighted by Gasteiger charge is -2.33. The second-order valence-electron chi connectivity index (χ2n) is 4.64. The number of nitrogens with two attached hydrogens (primary N) is 1. The highest BCUT2D eigenvalue weighted by atomic mass is 16.5. The normalized spacial score (nSPS) is 19.8. The van der Waals surface area contributed by atoms with Gasteiger partial charge in [0.05, 0.1) is 6.61 Å². The molecular weight excluding hydrogens is 206 g/mol. The Kier molecular flexibility index (Phi) is 4.70. The summed E-state index contributed by atoms with van der Waals surface area (Å²) in [5.41, 5.74) is 4.76. The highest BCUT2D eigenvalue weighted by molar-refractivity contribution is 5.84. The van der Waals surface area contributed by atoms with E-state index in [4.69, 9.17) is 10.5 Å². The number of ether oxygens (including phenoxy) is 1. The third-order valence-corrected chi connectivity index (χ3v) is 3.26. The Balaban J connectivity index is 2.54. The van der Waals surface area contributed by atoms with Crippen LogP contribution in [-0.2, 0) is 9.53 Å². The van der Waals surface area contributed by atoms with Crippen LogP contribution in [0.1, 0.15) is 19.8 Å². The number of primary amides is 1. The van der Waals surface area contributed by atoms with E-state index in [1.54, 1.807) is 14.2 Å². The zero-order valence-corrected chi connectivity index (χ0v) is 10.5. The molecule has 1 aliphatic carbocycles. The second kappa shape index (κ2) is 5.61. The number of likely N-dealkylation sites (N-methyl/N-ethyl adjacent to an activating group) is 1. The number of rotatable bonds is 8. The molecule has 1 unspecified atom stereocenters. The Labute approximate surface area is 97.3 Å². The second-order valence-corrected chi connectivity index (χ2v) is 4.64. The molecule has 0 aromatic rings. The predicted octanol–water partition coefficient (Wildman–Crippen LogP) is -0.439. The molecule has 0 aliphatic heterocycles. The Morgan fingerprint density at radius 1 is 1.62 bits per heavy atom. The zero-order valence-electron chi connectivity index (χ0n) is 10.5. The van der Waals surface area contributed by atoms with E-state index in [1.807, 2.05) is 6.92 Å². The molecule has 94 valence electrons. The quantitative estimate of drug-likeness (QED) is 0.592. The van der Waals surface area contributed by atoms with Gasteiger partial charge in [0, 0.05) is 26.2 Å². The molecule has 1 fully saturated rings. The number of carbonyl (C=O) groups excluding carboxylic acids is 1. The van der Waals surface area contributed by atoms with Gasteiger partial charge in [-0.3, -0.25) is 9.69 Å². The minimum atomic E-state index is -0.656. The fourth-order valence-electron chi connectivity index (χ4n) is 1.73. The molecule has 0 aromatic heterocycles. The van der Waals surface area contributed by atoms with E-state index in [1.165, 1.54) is 12.8 Å². The monoisotopic (exact) mass is 229 g/mol. The van der Waals surface area contributed by atoms with Crippen molar-refractivity contribution < 1.29 is 9.53 Å². The van der Waals surface area contributed by atoms with Gasteiger partial charge < -0.3 is 15.8 Å². The smallest absolute Gasteiger partial charge is 0.238 e. The first-order valence-corrected chi connectivity index (χ1v) is 5.75. The maximum atomic E-state index is 11.4. The molecule has 0 heterocycles. The van der Waals surface area contributed by atoms with Crippen LogP contribution < -0.4 is 11.1 Å². The molecule has 0 radical (unpaired) electrons. The Bertz CT molecular complexity index is 243. The molecule has 1 rings (SSSR count). The molecular formula is C11H23N3O2. The van der Waals surface area contributed by atoms with Crippen molar-refractivity contribution in [3.63, 3.8) is 0 Å². The SMILES string of the molecule is CNC(C)(CN(CCOC)C1CC1)C(N)=O. The topological polar surface area (TPSA) is 67.6 Å². The van der Waals surface area contributed by atoms with E-state index in [9.17, 15) is 4.79 Å². The van der Waals surface area contributed by atoms with E-state index >= 15 is 0 Å². The van der Waals surface area contributed by atoms with Gasteiger partial charge in [-0.05, 0) is 26.8 Å². The number of hydrogen-bond donors (Lipinski definition) is 2. The van der Waals surface area contributed by atoms with Gasteiger partial charge in [0.2, 0.25) is 5.91 Å². The average Bonchev–Trinajstić information content (AvgIpc) is 3.07.